The Kier molecular flexibility index (Phi) is 3.04. The van der Waals surface area contributed by atoms with E-state index in [0.29, 0.717) is 6.04 Å². The van der Waals surface area contributed by atoms with Gasteiger partial charge in [0.25, 0.3) is 0 Å². The zero-order chi connectivity index (χ0) is 11.9. The van der Waals surface area contributed by atoms with Gasteiger partial charge in [0.2, 0.25) is 0 Å². The molecule has 2 rings (SSSR count). The van der Waals surface area contributed by atoms with Gasteiger partial charge in [-0.15, -0.1) is 0 Å². The monoisotopic (exact) mass is 235 g/mol. The molecule has 1 aliphatic carbocycles. The predicted octanol–water partition coefficient (Wildman–Crippen LogP) is 3.49. The van der Waals surface area contributed by atoms with E-state index in [1.807, 2.05) is 0 Å². The molecule has 1 aromatic rings. The summed E-state index contributed by atoms with van der Waals surface area (Å²) in [7, 11) is -1.16. The van der Waals surface area contributed by atoms with E-state index >= 15 is 0 Å². The quantitative estimate of drug-likeness (QED) is 0.692. The molecule has 0 amide bonds. The number of hydrogen-bond acceptors (Lipinski definition) is 0. The molecular weight excluding hydrogens is 210 g/mol. The van der Waals surface area contributed by atoms with E-state index in [-0.39, 0.29) is 0 Å². The average molecular weight is 235 g/mol. The molecule has 0 N–H and O–H groups in total. The second kappa shape index (κ2) is 4.06. The van der Waals surface area contributed by atoms with E-state index in [2.05, 4.69) is 44.3 Å². The molecule has 0 radical (unpaired) electrons. The van der Waals surface area contributed by atoms with Crippen LogP contribution in [0.1, 0.15) is 44.0 Å². The van der Waals surface area contributed by atoms with Crippen LogP contribution >= 0.6 is 0 Å². The van der Waals surface area contributed by atoms with Gasteiger partial charge in [-0.3, -0.25) is 0 Å². The van der Waals surface area contributed by atoms with E-state index in [1.165, 1.54) is 25.7 Å². The zero-order valence-corrected chi connectivity index (χ0v) is 12.4. The fourth-order valence-electron chi connectivity index (χ4n) is 2.87. The molecule has 2 heteroatoms. The van der Waals surface area contributed by atoms with Crippen molar-refractivity contribution in [2.45, 2.75) is 65.2 Å². The first kappa shape index (κ1) is 12.0. The molecule has 0 spiro atoms. The third-order valence-corrected chi connectivity index (χ3v) is 5.75. The minimum Gasteiger partial charge on any atom is -0.349 e. The predicted molar refractivity (Wildman–Crippen MR) is 74.4 cm³/mol. The van der Waals surface area contributed by atoms with Crippen molar-refractivity contribution in [3.05, 3.63) is 17.5 Å². The van der Waals surface area contributed by atoms with Crippen LogP contribution in [0.3, 0.4) is 0 Å². The van der Waals surface area contributed by atoms with Crippen molar-refractivity contribution in [1.29, 1.82) is 0 Å². The molecule has 0 atom stereocenters. The zero-order valence-electron chi connectivity index (χ0n) is 11.4. The summed E-state index contributed by atoms with van der Waals surface area (Å²) in [5, 5.41) is 1.72. The molecular formula is C14H25NSi. The molecule has 1 aromatic heterocycles. The molecule has 90 valence electrons. The molecule has 16 heavy (non-hydrogen) atoms. The van der Waals surface area contributed by atoms with Crippen molar-refractivity contribution in [3.8, 4) is 0 Å². The number of rotatable bonds is 2. The Labute approximate surface area is 101 Å². The van der Waals surface area contributed by atoms with Crippen LogP contribution in [0.5, 0.6) is 0 Å². The summed E-state index contributed by atoms with van der Waals surface area (Å²) in [6.07, 6.45) is 7.89. The lowest BCUT2D eigenvalue weighted by Crippen LogP contribution is -2.39. The highest BCUT2D eigenvalue weighted by molar-refractivity contribution is 6.89. The van der Waals surface area contributed by atoms with Gasteiger partial charge in [-0.2, -0.15) is 0 Å². The molecule has 0 saturated heterocycles. The normalized spacial score (nSPS) is 16.6. The Morgan fingerprint density at radius 1 is 1.12 bits per heavy atom. The SMILES string of the molecule is CC(C)n1cc([Si](C)(C)C)c2c1CCCC2. The summed E-state index contributed by atoms with van der Waals surface area (Å²) >= 11 is 0. The summed E-state index contributed by atoms with van der Waals surface area (Å²) in [6.45, 7) is 12.0. The summed E-state index contributed by atoms with van der Waals surface area (Å²) in [5.74, 6) is 0. The molecule has 1 nitrogen and oxygen atoms in total. The summed E-state index contributed by atoms with van der Waals surface area (Å²) in [5.41, 5.74) is 3.37. The Morgan fingerprint density at radius 2 is 1.75 bits per heavy atom. The fourth-order valence-corrected chi connectivity index (χ4v) is 4.57. The van der Waals surface area contributed by atoms with E-state index < -0.39 is 8.07 Å². The van der Waals surface area contributed by atoms with Crippen molar-refractivity contribution in [3.63, 3.8) is 0 Å². The average Bonchev–Trinajstić information content (AvgIpc) is 2.56. The second-order valence-electron chi connectivity index (χ2n) is 6.43. The standard InChI is InChI=1S/C14H25NSi/c1-11(2)15-10-14(16(3,4)5)12-8-6-7-9-13(12)15/h10-11H,6-9H2,1-5H3. The Hall–Kier alpha value is -0.503. The van der Waals surface area contributed by atoms with Gasteiger partial charge in [0.05, 0.1) is 8.07 Å². The number of nitrogens with zero attached hydrogens (tertiary/aromatic N) is 1. The van der Waals surface area contributed by atoms with E-state index in [4.69, 9.17) is 0 Å². The molecule has 0 aromatic carbocycles. The van der Waals surface area contributed by atoms with Crippen LogP contribution in [0.25, 0.3) is 0 Å². The van der Waals surface area contributed by atoms with Gasteiger partial charge in [-0.1, -0.05) is 19.6 Å². The highest BCUT2D eigenvalue weighted by Crippen LogP contribution is 2.25. The van der Waals surface area contributed by atoms with Crippen LogP contribution in [0.4, 0.5) is 0 Å². The third kappa shape index (κ3) is 2.00. The number of fused-ring (bicyclic) bond motifs is 1. The lowest BCUT2D eigenvalue weighted by atomic mass is 9.98. The Morgan fingerprint density at radius 3 is 2.31 bits per heavy atom. The van der Waals surface area contributed by atoms with Crippen molar-refractivity contribution in [2.75, 3.05) is 0 Å². The first-order valence-corrected chi connectivity index (χ1v) is 10.1. The maximum Gasteiger partial charge on any atom is 0.0799 e. The van der Waals surface area contributed by atoms with Gasteiger partial charge in [-0.25, -0.2) is 0 Å². The molecule has 0 unspecified atom stereocenters. The molecule has 1 heterocycles. The van der Waals surface area contributed by atoms with Crippen molar-refractivity contribution in [1.82, 2.24) is 4.57 Å². The molecule has 0 bridgehead atoms. The lowest BCUT2D eigenvalue weighted by molar-refractivity contribution is 0.548. The molecule has 0 saturated carbocycles. The van der Waals surface area contributed by atoms with Crippen molar-refractivity contribution < 1.29 is 0 Å². The second-order valence-corrected chi connectivity index (χ2v) is 11.5. The maximum atomic E-state index is 2.54. The van der Waals surface area contributed by atoms with Gasteiger partial charge in [0.15, 0.2) is 0 Å². The van der Waals surface area contributed by atoms with Gasteiger partial charge < -0.3 is 4.57 Å². The minimum atomic E-state index is -1.16. The largest absolute Gasteiger partial charge is 0.349 e. The highest BCUT2D eigenvalue weighted by Gasteiger charge is 2.27. The van der Waals surface area contributed by atoms with Gasteiger partial charge in [0.1, 0.15) is 0 Å². The van der Waals surface area contributed by atoms with E-state index in [1.54, 1.807) is 16.4 Å². The summed E-state index contributed by atoms with van der Waals surface area (Å²) < 4.78 is 2.54. The summed E-state index contributed by atoms with van der Waals surface area (Å²) in [6, 6.07) is 0.622. The minimum absolute atomic E-state index is 0.622. The highest BCUT2D eigenvalue weighted by atomic mass is 28.3. The summed E-state index contributed by atoms with van der Waals surface area (Å²) in [4.78, 5) is 0. The van der Waals surface area contributed by atoms with Crippen molar-refractivity contribution >= 4 is 13.3 Å². The first-order chi connectivity index (χ1) is 7.41. The molecule has 1 aliphatic rings. The van der Waals surface area contributed by atoms with Gasteiger partial charge in [0, 0.05) is 17.9 Å². The van der Waals surface area contributed by atoms with Gasteiger partial charge >= 0.3 is 0 Å². The number of aromatic nitrogens is 1. The Balaban J connectivity index is 2.55. The van der Waals surface area contributed by atoms with E-state index in [0.717, 1.165) is 0 Å². The Bertz CT molecular complexity index is 382. The van der Waals surface area contributed by atoms with Crippen LogP contribution in [-0.2, 0) is 12.8 Å². The van der Waals surface area contributed by atoms with Crippen LogP contribution in [0, 0.1) is 0 Å². The number of hydrogen-bond donors (Lipinski definition) is 0. The van der Waals surface area contributed by atoms with Crippen LogP contribution < -0.4 is 5.19 Å². The molecule has 0 aliphatic heterocycles. The lowest BCUT2D eigenvalue weighted by Gasteiger charge is -2.21. The maximum absolute atomic E-state index is 2.54. The van der Waals surface area contributed by atoms with Crippen molar-refractivity contribution in [2.24, 2.45) is 0 Å². The third-order valence-electron chi connectivity index (χ3n) is 3.71. The fraction of sp³-hybridized carbons (Fsp3) is 0.714. The smallest absolute Gasteiger partial charge is 0.0799 e. The van der Waals surface area contributed by atoms with Gasteiger partial charge in [-0.05, 0) is 50.3 Å². The van der Waals surface area contributed by atoms with Crippen LogP contribution in [-0.4, -0.2) is 12.6 Å². The van der Waals surface area contributed by atoms with E-state index in [9.17, 15) is 0 Å². The first-order valence-electron chi connectivity index (χ1n) is 6.64. The van der Waals surface area contributed by atoms with Crippen LogP contribution in [0.15, 0.2) is 6.20 Å². The topological polar surface area (TPSA) is 4.93 Å². The molecule has 0 fully saturated rings. The van der Waals surface area contributed by atoms with Crippen LogP contribution in [0.2, 0.25) is 19.6 Å².